The van der Waals surface area contributed by atoms with Gasteiger partial charge in [0, 0.05) is 30.2 Å². The average Bonchev–Trinajstić information content (AvgIpc) is 3.30. The van der Waals surface area contributed by atoms with E-state index in [1.54, 1.807) is 12.3 Å². The van der Waals surface area contributed by atoms with E-state index in [-0.39, 0.29) is 16.6 Å². The summed E-state index contributed by atoms with van der Waals surface area (Å²) in [6, 6.07) is 11.4. The van der Waals surface area contributed by atoms with Crippen molar-refractivity contribution in [1.29, 1.82) is 0 Å². The van der Waals surface area contributed by atoms with E-state index in [4.69, 9.17) is 0 Å². The lowest BCUT2D eigenvalue weighted by Crippen LogP contribution is -2.36. The van der Waals surface area contributed by atoms with Crippen molar-refractivity contribution in [2.75, 3.05) is 32.1 Å². The van der Waals surface area contributed by atoms with E-state index in [2.05, 4.69) is 9.97 Å². The highest BCUT2D eigenvalue weighted by Gasteiger charge is 2.34. The molecule has 0 saturated carbocycles. The summed E-state index contributed by atoms with van der Waals surface area (Å²) in [5.74, 6) is -0.304. The van der Waals surface area contributed by atoms with E-state index in [0.717, 1.165) is 28.3 Å². The highest BCUT2D eigenvalue weighted by Crippen LogP contribution is 2.38. The fourth-order valence-electron chi connectivity index (χ4n) is 3.26. The maximum Gasteiger partial charge on any atom is 0.418 e. The number of hydrogen-bond donors (Lipinski definition) is 1. The molecule has 0 aliphatic rings. The van der Waals surface area contributed by atoms with Crippen LogP contribution in [0.1, 0.15) is 15.9 Å². The van der Waals surface area contributed by atoms with Crippen LogP contribution in [0.25, 0.3) is 21.1 Å². The molecule has 0 fully saturated rings. The van der Waals surface area contributed by atoms with Gasteiger partial charge in [0.05, 0.1) is 21.3 Å². The van der Waals surface area contributed by atoms with E-state index in [1.807, 2.05) is 43.3 Å². The number of H-pyrrole nitrogens is 1. The summed E-state index contributed by atoms with van der Waals surface area (Å²) in [7, 11) is 3.74. The molecule has 1 amide bonds. The highest BCUT2D eigenvalue weighted by molar-refractivity contribution is 7.22. The quantitative estimate of drug-likeness (QED) is 0.483. The predicted molar refractivity (Wildman–Crippen MR) is 113 cm³/mol. The molecule has 9 heteroatoms. The molecule has 30 heavy (non-hydrogen) atoms. The molecule has 0 spiro atoms. The fourth-order valence-corrected chi connectivity index (χ4v) is 4.28. The summed E-state index contributed by atoms with van der Waals surface area (Å²) in [6.07, 6.45) is -2.88. The fraction of sp³-hybridized carbons (Fsp3) is 0.238. The van der Waals surface area contributed by atoms with Crippen LogP contribution in [0, 0.1) is 0 Å². The Kier molecular flexibility index (Phi) is 5.25. The highest BCUT2D eigenvalue weighted by atomic mass is 32.1. The number of rotatable bonds is 5. The molecule has 0 atom stereocenters. The van der Waals surface area contributed by atoms with E-state index in [0.29, 0.717) is 23.4 Å². The predicted octanol–water partition coefficient (Wildman–Crippen LogP) is 5.00. The smallest absolute Gasteiger partial charge is 0.360 e. The van der Waals surface area contributed by atoms with Crippen LogP contribution in [-0.4, -0.2) is 48.0 Å². The zero-order valence-electron chi connectivity index (χ0n) is 16.3. The van der Waals surface area contributed by atoms with Gasteiger partial charge >= 0.3 is 6.18 Å². The topological polar surface area (TPSA) is 52.2 Å². The number of nitrogens with zero attached hydrogens (tertiary/aromatic N) is 3. The number of carbonyl (C=O) groups is 1. The minimum Gasteiger partial charge on any atom is -0.360 e. The van der Waals surface area contributed by atoms with Gasteiger partial charge < -0.3 is 9.88 Å². The SMILES string of the molecule is CN(C)CCN(C(=O)c1c[nH]c2ccccc12)c1nc2c(C(F)(F)F)cccc2s1. The molecule has 2 heterocycles. The maximum atomic E-state index is 13.4. The van der Waals surface area contributed by atoms with Crippen molar-refractivity contribution in [2.24, 2.45) is 0 Å². The molecule has 2 aromatic carbocycles. The van der Waals surface area contributed by atoms with E-state index < -0.39 is 11.7 Å². The maximum absolute atomic E-state index is 13.4. The Bertz CT molecular complexity index is 1210. The Labute approximate surface area is 174 Å². The Balaban J connectivity index is 1.80. The molecule has 4 aromatic rings. The van der Waals surface area contributed by atoms with Gasteiger partial charge in [-0.25, -0.2) is 4.98 Å². The third-order valence-corrected chi connectivity index (χ3v) is 5.82. The first-order chi connectivity index (χ1) is 14.3. The number of fused-ring (bicyclic) bond motifs is 2. The van der Waals surface area contributed by atoms with Crippen LogP contribution in [0.4, 0.5) is 18.3 Å². The molecule has 0 radical (unpaired) electrons. The first-order valence-corrected chi connectivity index (χ1v) is 10.1. The second-order valence-corrected chi connectivity index (χ2v) is 8.16. The van der Waals surface area contributed by atoms with Gasteiger partial charge in [-0.1, -0.05) is 35.6 Å². The van der Waals surface area contributed by atoms with Crippen LogP contribution in [0.3, 0.4) is 0 Å². The number of aromatic nitrogens is 2. The summed E-state index contributed by atoms with van der Waals surface area (Å²) in [4.78, 5) is 24.1. The van der Waals surface area contributed by atoms with Crippen molar-refractivity contribution in [2.45, 2.75) is 6.18 Å². The number of carbonyl (C=O) groups excluding carboxylic acids is 1. The Hall–Kier alpha value is -2.91. The van der Waals surface area contributed by atoms with Gasteiger partial charge in [0.2, 0.25) is 0 Å². The molecule has 1 N–H and O–H groups in total. The number of halogens is 3. The second-order valence-electron chi connectivity index (χ2n) is 7.15. The van der Waals surface area contributed by atoms with Crippen LogP contribution >= 0.6 is 11.3 Å². The number of benzene rings is 2. The molecule has 0 aliphatic heterocycles. The van der Waals surface area contributed by atoms with Crippen molar-refractivity contribution in [3.63, 3.8) is 0 Å². The first kappa shape index (κ1) is 20.4. The van der Waals surface area contributed by atoms with Crippen LogP contribution in [-0.2, 0) is 6.18 Å². The number of thiazole rings is 1. The minimum atomic E-state index is -4.51. The molecule has 0 aliphatic carbocycles. The summed E-state index contributed by atoms with van der Waals surface area (Å²) in [6.45, 7) is 0.836. The van der Waals surface area contributed by atoms with Gasteiger partial charge in [-0.05, 0) is 32.3 Å². The Morgan fingerprint density at radius 3 is 2.60 bits per heavy atom. The standard InChI is InChI=1S/C21H19F3N4OS/c1-27(2)10-11-28(19(29)14-12-25-16-8-4-3-6-13(14)16)20-26-18-15(21(22,23)24)7-5-9-17(18)30-20/h3-9,12,25H,10-11H2,1-2H3. The summed E-state index contributed by atoms with van der Waals surface area (Å²) in [5, 5.41) is 1.01. The van der Waals surface area contributed by atoms with Crippen molar-refractivity contribution >= 4 is 43.5 Å². The lowest BCUT2D eigenvalue weighted by molar-refractivity contribution is -0.136. The largest absolute Gasteiger partial charge is 0.418 e. The number of para-hydroxylation sites is 2. The molecule has 0 unspecified atom stereocenters. The Morgan fingerprint density at radius 2 is 1.87 bits per heavy atom. The van der Waals surface area contributed by atoms with E-state index in [1.165, 1.54) is 11.0 Å². The number of likely N-dealkylation sites (N-methyl/N-ethyl adjacent to an activating group) is 1. The van der Waals surface area contributed by atoms with Gasteiger partial charge in [0.15, 0.2) is 5.13 Å². The molecule has 156 valence electrons. The molecular formula is C21H19F3N4OS. The summed E-state index contributed by atoms with van der Waals surface area (Å²) < 4.78 is 40.6. The van der Waals surface area contributed by atoms with Crippen molar-refractivity contribution in [1.82, 2.24) is 14.9 Å². The summed E-state index contributed by atoms with van der Waals surface area (Å²) >= 11 is 1.08. The molecule has 2 aromatic heterocycles. The zero-order valence-corrected chi connectivity index (χ0v) is 17.1. The molecular weight excluding hydrogens is 413 g/mol. The normalized spacial score (nSPS) is 12.2. The van der Waals surface area contributed by atoms with Crippen LogP contribution < -0.4 is 4.90 Å². The van der Waals surface area contributed by atoms with E-state index >= 15 is 0 Å². The third kappa shape index (κ3) is 3.78. The lowest BCUT2D eigenvalue weighted by atomic mass is 10.1. The monoisotopic (exact) mass is 432 g/mol. The van der Waals surface area contributed by atoms with Gasteiger partial charge in [0.25, 0.3) is 5.91 Å². The number of nitrogens with one attached hydrogen (secondary N) is 1. The molecule has 0 saturated heterocycles. The number of anilines is 1. The van der Waals surface area contributed by atoms with Crippen molar-refractivity contribution in [3.05, 3.63) is 59.8 Å². The summed E-state index contributed by atoms with van der Waals surface area (Å²) in [5.41, 5.74) is 0.345. The van der Waals surface area contributed by atoms with Crippen molar-refractivity contribution in [3.8, 4) is 0 Å². The van der Waals surface area contributed by atoms with E-state index in [9.17, 15) is 18.0 Å². The van der Waals surface area contributed by atoms with Gasteiger partial charge in [0.1, 0.15) is 0 Å². The van der Waals surface area contributed by atoms with Gasteiger partial charge in [-0.2, -0.15) is 13.2 Å². The second kappa shape index (κ2) is 7.73. The molecule has 4 rings (SSSR count). The van der Waals surface area contributed by atoms with Crippen molar-refractivity contribution < 1.29 is 18.0 Å². The van der Waals surface area contributed by atoms with Gasteiger partial charge in [-0.3, -0.25) is 9.69 Å². The number of aromatic amines is 1. The Morgan fingerprint density at radius 1 is 1.10 bits per heavy atom. The van der Waals surface area contributed by atoms with Crippen LogP contribution in [0.2, 0.25) is 0 Å². The zero-order chi connectivity index (χ0) is 21.5. The molecule has 5 nitrogen and oxygen atoms in total. The van der Waals surface area contributed by atoms with Gasteiger partial charge in [-0.15, -0.1) is 0 Å². The third-order valence-electron chi connectivity index (χ3n) is 4.78. The number of amides is 1. The minimum absolute atomic E-state index is 0.133. The average molecular weight is 432 g/mol. The lowest BCUT2D eigenvalue weighted by Gasteiger charge is -2.21. The molecule has 0 bridgehead atoms. The number of hydrogen-bond acceptors (Lipinski definition) is 4. The number of alkyl halides is 3. The van der Waals surface area contributed by atoms with Crippen LogP contribution in [0.5, 0.6) is 0 Å². The first-order valence-electron chi connectivity index (χ1n) is 9.25. The van der Waals surface area contributed by atoms with Crippen LogP contribution in [0.15, 0.2) is 48.7 Å².